The molecular formula is C17H23N3OS. The van der Waals surface area contributed by atoms with Crippen LogP contribution in [-0.4, -0.2) is 31.6 Å². The maximum Gasteiger partial charge on any atom is 0.143 e. The van der Waals surface area contributed by atoms with E-state index in [4.69, 9.17) is 0 Å². The number of carbonyl (C=O) groups excluding carboxylic acids is 1. The van der Waals surface area contributed by atoms with E-state index < -0.39 is 0 Å². The van der Waals surface area contributed by atoms with Crippen molar-refractivity contribution in [1.29, 1.82) is 0 Å². The Morgan fingerprint density at radius 2 is 2.05 bits per heavy atom. The second-order valence-electron chi connectivity index (χ2n) is 4.83. The molecule has 118 valence electrons. The maximum absolute atomic E-state index is 11.1. The van der Waals surface area contributed by atoms with Crippen LogP contribution in [0.25, 0.3) is 5.70 Å². The molecular weight excluding hydrogens is 294 g/mol. The lowest BCUT2D eigenvalue weighted by Gasteiger charge is -2.17. The first-order chi connectivity index (χ1) is 10.6. The summed E-state index contributed by atoms with van der Waals surface area (Å²) in [5, 5.41) is 6.20. The quantitative estimate of drug-likeness (QED) is 0.353. The third-order valence-electron chi connectivity index (χ3n) is 2.90. The first-order valence-electron chi connectivity index (χ1n) is 7.16. The van der Waals surface area contributed by atoms with E-state index in [9.17, 15) is 4.79 Å². The van der Waals surface area contributed by atoms with E-state index in [-0.39, 0.29) is 6.04 Å². The van der Waals surface area contributed by atoms with E-state index >= 15 is 0 Å². The van der Waals surface area contributed by atoms with Gasteiger partial charge in [0.15, 0.2) is 0 Å². The van der Waals surface area contributed by atoms with Crippen LogP contribution in [0.2, 0.25) is 0 Å². The summed E-state index contributed by atoms with van der Waals surface area (Å²) in [7, 11) is 0. The van der Waals surface area contributed by atoms with Crippen LogP contribution in [0.15, 0.2) is 53.0 Å². The molecule has 5 heteroatoms. The van der Waals surface area contributed by atoms with Gasteiger partial charge in [-0.15, -0.1) is 12.6 Å². The Kier molecular flexibility index (Phi) is 8.07. The first kappa shape index (κ1) is 18.0. The Bertz CT molecular complexity index is 537. The van der Waals surface area contributed by atoms with Crippen LogP contribution >= 0.6 is 12.6 Å². The molecule has 1 unspecified atom stereocenters. The molecule has 0 aliphatic heterocycles. The largest absolute Gasteiger partial charge is 0.383 e. The fourth-order valence-corrected chi connectivity index (χ4v) is 1.89. The summed E-state index contributed by atoms with van der Waals surface area (Å²) in [6, 6.07) is 7.28. The normalized spacial score (nSPS) is 11.9. The summed E-state index contributed by atoms with van der Waals surface area (Å²) in [5.41, 5.74) is 2.44. The molecule has 0 saturated heterocycles. The number of carbonyl (C=O) groups is 1. The average Bonchev–Trinajstić information content (AvgIpc) is 2.52. The molecule has 2 N–H and O–H groups in total. The summed E-state index contributed by atoms with van der Waals surface area (Å²) < 4.78 is 0. The van der Waals surface area contributed by atoms with Crippen molar-refractivity contribution in [1.82, 2.24) is 10.6 Å². The molecule has 0 spiro atoms. The number of rotatable bonds is 10. The van der Waals surface area contributed by atoms with Crippen LogP contribution in [0.4, 0.5) is 0 Å². The van der Waals surface area contributed by atoms with Gasteiger partial charge in [-0.25, -0.2) is 0 Å². The van der Waals surface area contributed by atoms with Crippen LogP contribution < -0.4 is 10.6 Å². The van der Waals surface area contributed by atoms with Crippen molar-refractivity contribution in [2.75, 3.05) is 13.1 Å². The molecule has 0 heterocycles. The second kappa shape index (κ2) is 9.84. The molecule has 4 nitrogen and oxygen atoms in total. The van der Waals surface area contributed by atoms with Crippen molar-refractivity contribution in [3.63, 3.8) is 0 Å². The molecule has 0 fully saturated rings. The molecule has 0 bridgehead atoms. The lowest BCUT2D eigenvalue weighted by atomic mass is 10.1. The van der Waals surface area contributed by atoms with E-state index in [1.54, 1.807) is 0 Å². The minimum Gasteiger partial charge on any atom is -0.383 e. The van der Waals surface area contributed by atoms with Crippen LogP contribution in [0.5, 0.6) is 0 Å². The molecule has 1 aromatic carbocycles. The molecule has 0 aliphatic rings. The van der Waals surface area contributed by atoms with Gasteiger partial charge in [0, 0.05) is 22.8 Å². The average molecular weight is 317 g/mol. The summed E-state index contributed by atoms with van der Waals surface area (Å²) in [5.74, 6) is 0. The number of aldehydes is 1. The van der Waals surface area contributed by atoms with Crippen LogP contribution in [-0.2, 0) is 4.79 Å². The van der Waals surface area contributed by atoms with E-state index in [0.29, 0.717) is 18.8 Å². The van der Waals surface area contributed by atoms with Crippen molar-refractivity contribution < 1.29 is 4.79 Å². The molecule has 22 heavy (non-hydrogen) atoms. The third-order valence-corrected chi connectivity index (χ3v) is 3.20. The molecule has 1 rings (SSSR count). The summed E-state index contributed by atoms with van der Waals surface area (Å²) in [6.07, 6.45) is 3.57. The Morgan fingerprint density at radius 3 is 2.64 bits per heavy atom. The minimum atomic E-state index is -0.370. The molecule has 0 aromatic heterocycles. The van der Waals surface area contributed by atoms with E-state index in [2.05, 4.69) is 41.4 Å². The van der Waals surface area contributed by atoms with E-state index in [0.717, 1.165) is 28.9 Å². The number of nitrogens with one attached hydrogen (secondary N) is 2. The predicted octanol–water partition coefficient (Wildman–Crippen LogP) is 2.69. The van der Waals surface area contributed by atoms with Crippen molar-refractivity contribution in [2.45, 2.75) is 24.3 Å². The summed E-state index contributed by atoms with van der Waals surface area (Å²) in [4.78, 5) is 16.2. The van der Waals surface area contributed by atoms with Gasteiger partial charge in [0.25, 0.3) is 0 Å². The monoisotopic (exact) mass is 317 g/mol. The number of hydrogen-bond donors (Lipinski definition) is 3. The Labute approximate surface area is 137 Å². The van der Waals surface area contributed by atoms with Gasteiger partial charge in [-0.1, -0.05) is 32.2 Å². The van der Waals surface area contributed by atoms with Gasteiger partial charge in [-0.05, 0) is 30.3 Å². The van der Waals surface area contributed by atoms with Gasteiger partial charge in [-0.2, -0.15) is 0 Å². The molecule has 0 saturated carbocycles. The summed E-state index contributed by atoms with van der Waals surface area (Å²) >= 11 is 4.24. The van der Waals surface area contributed by atoms with Gasteiger partial charge in [0.1, 0.15) is 6.29 Å². The van der Waals surface area contributed by atoms with Gasteiger partial charge >= 0.3 is 0 Å². The third kappa shape index (κ3) is 6.63. The van der Waals surface area contributed by atoms with E-state index in [1.165, 1.54) is 0 Å². The zero-order valence-corrected chi connectivity index (χ0v) is 13.8. The van der Waals surface area contributed by atoms with Crippen LogP contribution in [0.3, 0.4) is 0 Å². The highest BCUT2D eigenvalue weighted by molar-refractivity contribution is 7.80. The Balaban J connectivity index is 2.44. The molecule has 1 atom stereocenters. The van der Waals surface area contributed by atoms with E-state index in [1.807, 2.05) is 37.4 Å². The highest BCUT2D eigenvalue weighted by Crippen LogP contribution is 2.13. The smallest absolute Gasteiger partial charge is 0.143 e. The number of aliphatic imine (C=N–C) groups is 1. The number of benzene rings is 1. The second-order valence-corrected chi connectivity index (χ2v) is 5.34. The fourth-order valence-electron chi connectivity index (χ4n) is 1.74. The summed E-state index contributed by atoms with van der Waals surface area (Å²) in [6.45, 7) is 10.8. The molecule has 0 aliphatic carbocycles. The lowest BCUT2D eigenvalue weighted by molar-refractivity contribution is -0.109. The maximum atomic E-state index is 11.1. The number of thiol groups is 1. The first-order valence-corrected chi connectivity index (χ1v) is 7.61. The highest BCUT2D eigenvalue weighted by Gasteiger charge is 2.08. The van der Waals surface area contributed by atoms with Crippen LogP contribution in [0.1, 0.15) is 18.9 Å². The Morgan fingerprint density at radius 1 is 1.36 bits per heavy atom. The predicted molar refractivity (Wildman–Crippen MR) is 96.5 cm³/mol. The zero-order valence-electron chi connectivity index (χ0n) is 12.9. The molecule has 0 radical (unpaired) electrons. The zero-order chi connectivity index (χ0) is 16.4. The Hall–Kier alpha value is -2.01. The van der Waals surface area contributed by atoms with Gasteiger partial charge < -0.3 is 15.4 Å². The lowest BCUT2D eigenvalue weighted by Crippen LogP contribution is -2.39. The number of nitrogens with zero attached hydrogens (tertiary/aromatic N) is 1. The highest BCUT2D eigenvalue weighted by atomic mass is 32.1. The molecule has 0 amide bonds. The topological polar surface area (TPSA) is 53.5 Å². The minimum absolute atomic E-state index is 0.370. The molecule has 1 aromatic rings. The van der Waals surface area contributed by atoms with Gasteiger partial charge in [-0.3, -0.25) is 4.99 Å². The van der Waals surface area contributed by atoms with Crippen molar-refractivity contribution in [2.24, 2.45) is 4.99 Å². The van der Waals surface area contributed by atoms with Crippen molar-refractivity contribution in [3.8, 4) is 0 Å². The SMILES string of the molecule is C=C(CN=CCC)NC(C=O)CNC(=C)c1ccc(S)cc1. The van der Waals surface area contributed by atoms with Crippen molar-refractivity contribution in [3.05, 3.63) is 48.7 Å². The van der Waals surface area contributed by atoms with Gasteiger partial charge in [0.05, 0.1) is 12.6 Å². The fraction of sp³-hybridized carbons (Fsp3) is 0.294. The van der Waals surface area contributed by atoms with Gasteiger partial charge in [0.2, 0.25) is 0 Å². The standard InChI is InChI=1S/C17H23N3OS/c1-4-9-18-10-13(2)20-16(12-21)11-19-14(3)15-5-7-17(22)8-6-15/h5-9,12,16,19-20,22H,2-4,10-11H2,1H3. The van der Waals surface area contributed by atoms with Crippen LogP contribution in [0, 0.1) is 0 Å². The van der Waals surface area contributed by atoms with Crippen molar-refractivity contribution >= 4 is 30.8 Å². The number of hydrogen-bond acceptors (Lipinski definition) is 5.